The van der Waals surface area contributed by atoms with Gasteiger partial charge in [-0.25, -0.2) is 13.5 Å². The number of hydrogen-bond donors (Lipinski definition) is 2. The molecule has 0 amide bonds. The topological polar surface area (TPSA) is 63.0 Å². The number of aliphatic hydroxyl groups excluding tert-OH is 1. The van der Waals surface area contributed by atoms with Crippen LogP contribution in [0.4, 0.5) is 14.7 Å². The first kappa shape index (κ1) is 10.3. The van der Waals surface area contributed by atoms with Crippen LogP contribution in [0.25, 0.3) is 0 Å². The van der Waals surface area contributed by atoms with Gasteiger partial charge in [-0.2, -0.15) is 4.98 Å². The minimum Gasteiger partial charge on any atom is -0.396 e. The van der Waals surface area contributed by atoms with Crippen molar-refractivity contribution in [1.82, 2.24) is 14.8 Å². The molecule has 0 saturated heterocycles. The predicted octanol–water partition coefficient (Wildman–Crippen LogP) is 0.640. The Morgan fingerprint density at radius 3 is 3.07 bits per heavy atom. The minimum atomic E-state index is -2.64. The minimum absolute atomic E-state index is 0.0953. The Morgan fingerprint density at radius 2 is 2.40 bits per heavy atom. The van der Waals surface area contributed by atoms with E-state index in [9.17, 15) is 8.78 Å². The van der Waals surface area contributed by atoms with Crippen LogP contribution >= 0.6 is 0 Å². The highest BCUT2D eigenvalue weighted by Crippen LogP contribution is 2.21. The summed E-state index contributed by atoms with van der Waals surface area (Å²) in [6, 6.07) is 0. The number of hydrogen-bond acceptors (Lipinski definition) is 4. The van der Waals surface area contributed by atoms with Gasteiger partial charge in [-0.3, -0.25) is 0 Å². The molecule has 1 aromatic rings. The zero-order chi connectivity index (χ0) is 10.8. The van der Waals surface area contributed by atoms with Gasteiger partial charge in [0.2, 0.25) is 11.8 Å². The maximum Gasteiger partial charge on any atom is 0.299 e. The van der Waals surface area contributed by atoms with E-state index in [-0.39, 0.29) is 12.5 Å². The Balaban J connectivity index is 2.12. The fourth-order valence-electron chi connectivity index (χ4n) is 1.63. The van der Waals surface area contributed by atoms with Gasteiger partial charge in [0, 0.05) is 19.7 Å². The summed E-state index contributed by atoms with van der Waals surface area (Å²) in [5.74, 6) is 0.163. The highest BCUT2D eigenvalue weighted by molar-refractivity contribution is 5.27. The summed E-state index contributed by atoms with van der Waals surface area (Å²) in [6.45, 7) is 1.27. The zero-order valence-electron chi connectivity index (χ0n) is 8.03. The zero-order valence-corrected chi connectivity index (χ0v) is 8.03. The standard InChI is InChI=1S/C8H12F2N4O/c9-6(10)7-12-8-11-3-5(1-2-15)4-14(8)13-7/h5-6,15H,1-4H2,(H,11,12,13). The SMILES string of the molecule is OCCC1CNc2nc(C(F)F)nn2C1. The third-order valence-electron chi connectivity index (χ3n) is 2.40. The lowest BCUT2D eigenvalue weighted by molar-refractivity contribution is 0.139. The van der Waals surface area contributed by atoms with Gasteiger partial charge in [-0.05, 0) is 12.3 Å². The fourth-order valence-corrected chi connectivity index (χ4v) is 1.63. The van der Waals surface area contributed by atoms with Gasteiger partial charge in [0.15, 0.2) is 0 Å². The normalized spacial score (nSPS) is 20.1. The monoisotopic (exact) mass is 218 g/mol. The van der Waals surface area contributed by atoms with E-state index < -0.39 is 12.2 Å². The summed E-state index contributed by atoms with van der Waals surface area (Å²) in [6.07, 6.45) is -2.00. The first-order valence-electron chi connectivity index (χ1n) is 4.78. The largest absolute Gasteiger partial charge is 0.396 e. The van der Waals surface area contributed by atoms with Crippen LogP contribution in [0.1, 0.15) is 18.7 Å². The maximum atomic E-state index is 12.3. The Labute approximate surface area is 85.1 Å². The molecule has 0 radical (unpaired) electrons. The Hall–Kier alpha value is -1.24. The van der Waals surface area contributed by atoms with Gasteiger partial charge in [-0.1, -0.05) is 0 Å². The smallest absolute Gasteiger partial charge is 0.299 e. The molecule has 5 nitrogen and oxygen atoms in total. The molecule has 0 saturated carbocycles. The van der Waals surface area contributed by atoms with Gasteiger partial charge < -0.3 is 10.4 Å². The van der Waals surface area contributed by atoms with Crippen molar-refractivity contribution >= 4 is 5.95 Å². The molecule has 0 fully saturated rings. The molecule has 0 bridgehead atoms. The number of aromatic nitrogens is 3. The quantitative estimate of drug-likeness (QED) is 0.781. The highest BCUT2D eigenvalue weighted by Gasteiger charge is 2.23. The van der Waals surface area contributed by atoms with Crippen molar-refractivity contribution in [3.05, 3.63) is 5.82 Å². The Morgan fingerprint density at radius 1 is 1.60 bits per heavy atom. The summed E-state index contributed by atoms with van der Waals surface area (Å²) < 4.78 is 26.0. The number of fused-ring (bicyclic) bond motifs is 1. The molecule has 7 heteroatoms. The summed E-state index contributed by atoms with van der Waals surface area (Å²) in [7, 11) is 0. The number of halogens is 2. The number of aliphatic hydroxyl groups is 1. The Kier molecular flexibility index (Phi) is 2.81. The van der Waals surface area contributed by atoms with Gasteiger partial charge in [-0.15, -0.1) is 5.10 Å². The number of anilines is 1. The van der Waals surface area contributed by atoms with Crippen LogP contribution in [0.15, 0.2) is 0 Å². The van der Waals surface area contributed by atoms with E-state index in [1.807, 2.05) is 0 Å². The predicted molar refractivity (Wildman–Crippen MR) is 48.7 cm³/mol. The summed E-state index contributed by atoms with van der Waals surface area (Å²) in [4.78, 5) is 3.67. The third kappa shape index (κ3) is 2.06. The molecule has 0 aliphatic carbocycles. The second kappa shape index (κ2) is 4.09. The molecule has 84 valence electrons. The molecular formula is C8H12F2N4O. The fraction of sp³-hybridized carbons (Fsp3) is 0.750. The molecule has 1 atom stereocenters. The number of nitrogens with one attached hydrogen (secondary N) is 1. The lowest BCUT2D eigenvalue weighted by Crippen LogP contribution is -2.28. The molecule has 2 N–H and O–H groups in total. The first-order chi connectivity index (χ1) is 7.20. The van der Waals surface area contributed by atoms with E-state index in [1.165, 1.54) is 4.68 Å². The van der Waals surface area contributed by atoms with Crippen molar-refractivity contribution in [3.8, 4) is 0 Å². The van der Waals surface area contributed by atoms with Gasteiger partial charge in [0.05, 0.1) is 0 Å². The van der Waals surface area contributed by atoms with E-state index >= 15 is 0 Å². The number of rotatable bonds is 3. The average molecular weight is 218 g/mol. The molecule has 2 heterocycles. The molecule has 1 unspecified atom stereocenters. The molecule has 1 aliphatic rings. The van der Waals surface area contributed by atoms with Crippen LogP contribution in [0.3, 0.4) is 0 Å². The third-order valence-corrected chi connectivity index (χ3v) is 2.40. The van der Waals surface area contributed by atoms with Crippen LogP contribution in [0, 0.1) is 5.92 Å². The molecular weight excluding hydrogens is 206 g/mol. The van der Waals surface area contributed by atoms with E-state index in [1.54, 1.807) is 0 Å². The molecule has 15 heavy (non-hydrogen) atoms. The van der Waals surface area contributed by atoms with Crippen molar-refractivity contribution in [2.75, 3.05) is 18.5 Å². The van der Waals surface area contributed by atoms with Crippen LogP contribution in [-0.4, -0.2) is 33.0 Å². The van der Waals surface area contributed by atoms with E-state index in [2.05, 4.69) is 15.4 Å². The summed E-state index contributed by atoms with van der Waals surface area (Å²) in [5, 5.41) is 15.4. The average Bonchev–Trinajstić information content (AvgIpc) is 2.61. The van der Waals surface area contributed by atoms with Gasteiger partial charge in [0.25, 0.3) is 6.43 Å². The summed E-state index contributed by atoms with van der Waals surface area (Å²) >= 11 is 0. The van der Waals surface area contributed by atoms with E-state index in [4.69, 9.17) is 5.11 Å². The molecule has 1 aliphatic heterocycles. The van der Waals surface area contributed by atoms with Crippen molar-refractivity contribution in [2.24, 2.45) is 5.92 Å². The number of alkyl halides is 2. The van der Waals surface area contributed by atoms with Crippen molar-refractivity contribution < 1.29 is 13.9 Å². The van der Waals surface area contributed by atoms with Crippen LogP contribution in [0.2, 0.25) is 0 Å². The molecule has 2 rings (SSSR count). The van der Waals surface area contributed by atoms with Gasteiger partial charge in [0.1, 0.15) is 0 Å². The maximum absolute atomic E-state index is 12.3. The van der Waals surface area contributed by atoms with E-state index in [0.717, 1.165) is 0 Å². The molecule has 0 spiro atoms. The molecule has 0 aromatic carbocycles. The summed E-state index contributed by atoms with van der Waals surface area (Å²) in [5.41, 5.74) is 0. The Bertz CT molecular complexity index is 341. The van der Waals surface area contributed by atoms with Crippen LogP contribution in [-0.2, 0) is 6.54 Å². The van der Waals surface area contributed by atoms with Crippen LogP contribution in [0.5, 0.6) is 0 Å². The molecule has 1 aromatic heterocycles. The number of nitrogens with zero attached hydrogens (tertiary/aromatic N) is 3. The second-order valence-corrected chi connectivity index (χ2v) is 3.54. The van der Waals surface area contributed by atoms with Crippen LogP contribution < -0.4 is 5.32 Å². The van der Waals surface area contributed by atoms with E-state index in [0.29, 0.717) is 25.5 Å². The van der Waals surface area contributed by atoms with Crippen molar-refractivity contribution in [3.63, 3.8) is 0 Å². The lowest BCUT2D eigenvalue weighted by atomic mass is 10.1. The van der Waals surface area contributed by atoms with Crippen molar-refractivity contribution in [1.29, 1.82) is 0 Å². The second-order valence-electron chi connectivity index (χ2n) is 3.54. The van der Waals surface area contributed by atoms with Crippen molar-refractivity contribution in [2.45, 2.75) is 19.4 Å². The van der Waals surface area contributed by atoms with Gasteiger partial charge >= 0.3 is 0 Å². The highest BCUT2D eigenvalue weighted by atomic mass is 19.3. The first-order valence-corrected chi connectivity index (χ1v) is 4.78. The lowest BCUT2D eigenvalue weighted by Gasteiger charge is -2.22.